The largest absolute Gasteiger partial charge is 0.369 e. The van der Waals surface area contributed by atoms with Crippen LogP contribution in [0.4, 0.5) is 26.1 Å². The van der Waals surface area contributed by atoms with E-state index < -0.39 is 11.7 Å². The van der Waals surface area contributed by atoms with Crippen molar-refractivity contribution in [1.29, 1.82) is 0 Å². The van der Waals surface area contributed by atoms with Crippen LogP contribution in [0.15, 0.2) is 72.9 Å². The van der Waals surface area contributed by atoms with Crippen molar-refractivity contribution < 1.29 is 13.6 Å². The second-order valence-corrected chi connectivity index (χ2v) is 9.11. The van der Waals surface area contributed by atoms with E-state index in [1.165, 1.54) is 12.1 Å². The number of piperazine rings is 1. The summed E-state index contributed by atoms with van der Waals surface area (Å²) in [6.07, 6.45) is 4.68. The van der Waals surface area contributed by atoms with Crippen LogP contribution in [0.2, 0.25) is 0 Å². The smallest absolute Gasteiger partial charge is 0.241 e. The molecule has 0 saturated carbocycles. The number of rotatable bonds is 8. The second kappa shape index (κ2) is 11.4. The van der Waals surface area contributed by atoms with Gasteiger partial charge in [0.05, 0.1) is 11.2 Å². The fourth-order valence-electron chi connectivity index (χ4n) is 4.61. The lowest BCUT2D eigenvalue weighted by molar-refractivity contribution is -0.113. The molecule has 1 amide bonds. The van der Waals surface area contributed by atoms with E-state index in [0.29, 0.717) is 12.1 Å². The lowest BCUT2D eigenvalue weighted by atomic mass is 10.0. The molecule has 2 heterocycles. The molecule has 0 radical (unpaired) electrons. The molecule has 9 heteroatoms. The third kappa shape index (κ3) is 5.78. The highest BCUT2D eigenvalue weighted by molar-refractivity contribution is 5.95. The number of aromatic nitrogens is 2. The van der Waals surface area contributed by atoms with E-state index in [1.807, 2.05) is 48.5 Å². The Bertz CT molecular complexity index is 1480. The Morgan fingerprint density at radius 1 is 1.05 bits per heavy atom. The van der Waals surface area contributed by atoms with E-state index in [0.717, 1.165) is 53.9 Å². The SMILES string of the molecule is NC(=O)C=Cc1cccc(-c2cccc3cnc(Nc4ccc(N5CCN(CCF)CC5)cc4F)nc23)c1. The summed E-state index contributed by atoms with van der Waals surface area (Å²) in [5, 5.41) is 3.85. The van der Waals surface area contributed by atoms with Crippen molar-refractivity contribution in [3.05, 3.63) is 84.3 Å². The predicted octanol–water partition coefficient (Wildman–Crippen LogP) is 4.77. The Kier molecular flexibility index (Phi) is 7.55. The zero-order valence-electron chi connectivity index (χ0n) is 20.8. The van der Waals surface area contributed by atoms with Crippen LogP contribution < -0.4 is 16.0 Å². The van der Waals surface area contributed by atoms with Crippen molar-refractivity contribution in [1.82, 2.24) is 14.9 Å². The number of carbonyl (C=O) groups excluding carboxylic acids is 1. The number of hydrogen-bond acceptors (Lipinski definition) is 6. The molecule has 1 aromatic heterocycles. The molecule has 0 aliphatic carbocycles. The van der Waals surface area contributed by atoms with Gasteiger partial charge in [0, 0.05) is 61.6 Å². The molecule has 1 aliphatic rings. The monoisotopic (exact) mass is 514 g/mol. The molecule has 194 valence electrons. The van der Waals surface area contributed by atoms with Crippen LogP contribution in [0.25, 0.3) is 28.1 Å². The number of fused-ring (bicyclic) bond motifs is 1. The van der Waals surface area contributed by atoms with E-state index in [-0.39, 0.29) is 18.3 Å². The summed E-state index contributed by atoms with van der Waals surface area (Å²) >= 11 is 0. The maximum Gasteiger partial charge on any atom is 0.241 e. The number of amides is 1. The molecule has 0 unspecified atom stereocenters. The van der Waals surface area contributed by atoms with Gasteiger partial charge in [-0.1, -0.05) is 36.4 Å². The Morgan fingerprint density at radius 3 is 2.63 bits per heavy atom. The van der Waals surface area contributed by atoms with E-state index in [4.69, 9.17) is 10.7 Å². The molecule has 1 saturated heterocycles. The topological polar surface area (TPSA) is 87.4 Å². The van der Waals surface area contributed by atoms with Crippen molar-refractivity contribution in [2.75, 3.05) is 49.6 Å². The highest BCUT2D eigenvalue weighted by Gasteiger charge is 2.18. The summed E-state index contributed by atoms with van der Waals surface area (Å²) in [6, 6.07) is 18.5. The van der Waals surface area contributed by atoms with Crippen LogP contribution in [0.5, 0.6) is 0 Å². The van der Waals surface area contributed by atoms with E-state index >= 15 is 4.39 Å². The number of anilines is 3. The maximum atomic E-state index is 15.1. The third-order valence-corrected chi connectivity index (χ3v) is 6.59. The summed E-state index contributed by atoms with van der Waals surface area (Å²) in [6.45, 7) is 3.04. The number of nitrogens with zero attached hydrogens (tertiary/aromatic N) is 4. The highest BCUT2D eigenvalue weighted by atomic mass is 19.1. The van der Waals surface area contributed by atoms with Crippen LogP contribution in [0.3, 0.4) is 0 Å². The lowest BCUT2D eigenvalue weighted by Crippen LogP contribution is -2.47. The normalized spacial score (nSPS) is 14.3. The molecular formula is C29H28F2N6O. The van der Waals surface area contributed by atoms with Crippen molar-refractivity contribution in [2.24, 2.45) is 5.73 Å². The average Bonchev–Trinajstić information content (AvgIpc) is 2.93. The van der Waals surface area contributed by atoms with Gasteiger partial charge in [-0.25, -0.2) is 18.7 Å². The summed E-state index contributed by atoms with van der Waals surface area (Å²) in [5.74, 6) is -0.638. The van der Waals surface area contributed by atoms with E-state index in [9.17, 15) is 9.18 Å². The quantitative estimate of drug-likeness (QED) is 0.330. The molecular weight excluding hydrogens is 486 g/mol. The highest BCUT2D eigenvalue weighted by Crippen LogP contribution is 2.30. The second-order valence-electron chi connectivity index (χ2n) is 9.11. The van der Waals surface area contributed by atoms with Crippen LogP contribution in [-0.2, 0) is 4.79 Å². The van der Waals surface area contributed by atoms with Gasteiger partial charge in [0.25, 0.3) is 0 Å². The summed E-state index contributed by atoms with van der Waals surface area (Å²) in [5.41, 5.74) is 9.63. The minimum Gasteiger partial charge on any atom is -0.369 e. The van der Waals surface area contributed by atoms with Crippen LogP contribution in [-0.4, -0.2) is 60.2 Å². The van der Waals surface area contributed by atoms with Gasteiger partial charge in [-0.15, -0.1) is 0 Å². The Morgan fingerprint density at radius 2 is 1.87 bits per heavy atom. The first kappa shape index (κ1) is 25.3. The molecule has 1 aliphatic heterocycles. The van der Waals surface area contributed by atoms with Crippen LogP contribution >= 0.6 is 0 Å². The number of nitrogens with one attached hydrogen (secondary N) is 1. The standard InChI is InChI=1S/C29H28F2N6O/c30-11-12-36-13-15-37(16-14-36)23-8-9-26(25(31)18-23)34-29-33-19-22-5-2-6-24(28(22)35-29)21-4-1-3-20(17-21)7-10-27(32)38/h1-10,17-19H,11-16H2,(H2,32,38)(H,33,34,35). The maximum absolute atomic E-state index is 15.1. The fourth-order valence-corrected chi connectivity index (χ4v) is 4.61. The molecule has 3 aromatic carbocycles. The molecule has 4 aromatic rings. The summed E-state index contributed by atoms with van der Waals surface area (Å²) < 4.78 is 27.7. The van der Waals surface area contributed by atoms with Gasteiger partial charge >= 0.3 is 0 Å². The van der Waals surface area contributed by atoms with Crippen molar-refractivity contribution in [3.8, 4) is 11.1 Å². The molecule has 0 spiro atoms. The fraction of sp³-hybridized carbons (Fsp3) is 0.207. The molecule has 0 bridgehead atoms. The van der Waals surface area contributed by atoms with Gasteiger partial charge in [0.15, 0.2) is 0 Å². The number of alkyl halides is 1. The van der Waals surface area contributed by atoms with Crippen molar-refractivity contribution in [2.45, 2.75) is 0 Å². The zero-order chi connectivity index (χ0) is 26.5. The Balaban J connectivity index is 1.38. The van der Waals surface area contributed by atoms with Gasteiger partial charge in [0.2, 0.25) is 11.9 Å². The first-order chi connectivity index (χ1) is 18.5. The van der Waals surface area contributed by atoms with Crippen LogP contribution in [0.1, 0.15) is 5.56 Å². The number of nitrogens with two attached hydrogens (primary N) is 1. The number of hydrogen-bond donors (Lipinski definition) is 2. The van der Waals surface area contributed by atoms with Gasteiger partial charge < -0.3 is 16.0 Å². The minimum atomic E-state index is -0.513. The molecule has 0 atom stereocenters. The minimum absolute atomic E-state index is 0.278. The van der Waals surface area contributed by atoms with Crippen molar-refractivity contribution in [3.63, 3.8) is 0 Å². The van der Waals surface area contributed by atoms with Gasteiger partial charge in [0.1, 0.15) is 12.5 Å². The Hall–Kier alpha value is -4.37. The summed E-state index contributed by atoms with van der Waals surface area (Å²) in [4.78, 5) is 24.4. The number of halogens is 2. The third-order valence-electron chi connectivity index (χ3n) is 6.59. The van der Waals surface area contributed by atoms with Crippen LogP contribution in [0, 0.1) is 5.82 Å². The number of carbonyl (C=O) groups is 1. The summed E-state index contributed by atoms with van der Waals surface area (Å²) in [7, 11) is 0. The predicted molar refractivity (Wildman–Crippen MR) is 148 cm³/mol. The van der Waals surface area contributed by atoms with Crippen molar-refractivity contribution >= 4 is 40.2 Å². The molecule has 38 heavy (non-hydrogen) atoms. The Labute approximate surface area is 219 Å². The lowest BCUT2D eigenvalue weighted by Gasteiger charge is -2.35. The molecule has 7 nitrogen and oxygen atoms in total. The first-order valence-electron chi connectivity index (χ1n) is 12.4. The first-order valence-corrected chi connectivity index (χ1v) is 12.4. The molecule has 1 fully saturated rings. The number of para-hydroxylation sites is 1. The van der Waals surface area contributed by atoms with E-state index in [1.54, 1.807) is 18.3 Å². The van der Waals surface area contributed by atoms with Gasteiger partial charge in [-0.2, -0.15) is 0 Å². The number of primary amides is 1. The van der Waals surface area contributed by atoms with E-state index in [2.05, 4.69) is 20.1 Å². The molecule has 5 rings (SSSR count). The van der Waals surface area contributed by atoms with Gasteiger partial charge in [-0.05, 0) is 41.5 Å². The average molecular weight is 515 g/mol. The zero-order valence-corrected chi connectivity index (χ0v) is 20.8. The number of benzene rings is 3. The molecule has 3 N–H and O–H groups in total. The van der Waals surface area contributed by atoms with Gasteiger partial charge in [-0.3, -0.25) is 9.69 Å².